The van der Waals surface area contributed by atoms with Crippen LogP contribution < -0.4 is 4.90 Å². The third-order valence-electron chi connectivity index (χ3n) is 4.83. The third-order valence-corrected chi connectivity index (χ3v) is 4.83. The average Bonchev–Trinajstić information content (AvgIpc) is 3.28. The average molecular weight is 379 g/mol. The fourth-order valence-electron chi connectivity index (χ4n) is 3.58. The van der Waals surface area contributed by atoms with Gasteiger partial charge >= 0.3 is 0 Å². The Morgan fingerprint density at radius 1 is 1.25 bits per heavy atom. The highest BCUT2D eigenvalue weighted by Gasteiger charge is 2.25. The molecule has 0 aliphatic rings. The van der Waals surface area contributed by atoms with Gasteiger partial charge in [-0.15, -0.1) is 0 Å². The Morgan fingerprint density at radius 2 is 2.04 bits per heavy atom. The first kappa shape index (κ1) is 19.7. The quantitative estimate of drug-likeness (QED) is 0.512. The van der Waals surface area contributed by atoms with Crippen molar-refractivity contribution in [3.8, 4) is 18.0 Å². The van der Waals surface area contributed by atoms with Gasteiger partial charge in [0.15, 0.2) is 11.6 Å². The molecule has 6 heteroatoms. The number of anilines is 1. The zero-order valence-corrected chi connectivity index (χ0v) is 16.8. The van der Waals surface area contributed by atoms with Gasteiger partial charge in [-0.05, 0) is 56.5 Å². The molecule has 0 saturated carbocycles. The number of pyridine rings is 1. The van der Waals surface area contributed by atoms with Crippen LogP contribution in [0.25, 0.3) is 21.9 Å². The predicted octanol–water partition coefficient (Wildman–Crippen LogP) is 5.09. The molecular formula is C22H27N4O2+. The number of unbranched alkanes of at least 4 members (excludes halogenated alkanes) is 3. The standard InChI is InChI=1S/C22H27N4O2/c1-16-14-17(2)26-20(15-16)24-21(19-10-9-13-28-19)22(26)25(18(3)27)12-8-6-5-7-11-23-4/h4,9-10,13-15H,5-8,11-12H2,1-3H3/q+1. The van der Waals surface area contributed by atoms with Gasteiger partial charge in [-0.25, -0.2) is 4.98 Å². The van der Waals surface area contributed by atoms with E-state index in [1.165, 1.54) is 0 Å². The van der Waals surface area contributed by atoms with Crippen LogP contribution >= 0.6 is 0 Å². The Morgan fingerprint density at radius 3 is 2.71 bits per heavy atom. The lowest BCUT2D eigenvalue weighted by Gasteiger charge is -2.22. The molecule has 0 bridgehead atoms. The molecule has 3 heterocycles. The molecular weight excluding hydrogens is 352 g/mol. The molecule has 0 radical (unpaired) electrons. The summed E-state index contributed by atoms with van der Waals surface area (Å²) in [6, 6.07) is 7.83. The zero-order valence-electron chi connectivity index (χ0n) is 16.8. The van der Waals surface area contributed by atoms with E-state index in [0.717, 1.165) is 48.4 Å². The molecule has 0 aliphatic carbocycles. The minimum Gasteiger partial charge on any atom is -0.463 e. The highest BCUT2D eigenvalue weighted by Crippen LogP contribution is 2.33. The van der Waals surface area contributed by atoms with Crippen molar-refractivity contribution in [2.45, 2.75) is 46.5 Å². The van der Waals surface area contributed by atoms with Crippen LogP contribution in [0.3, 0.4) is 0 Å². The summed E-state index contributed by atoms with van der Waals surface area (Å²) in [5.74, 6) is 1.42. The number of carbonyl (C=O) groups excluding carboxylic acids is 1. The van der Waals surface area contributed by atoms with Gasteiger partial charge in [0.2, 0.25) is 5.91 Å². The number of rotatable bonds is 8. The minimum atomic E-state index is -0.00783. The summed E-state index contributed by atoms with van der Waals surface area (Å²) < 4.78 is 7.66. The van der Waals surface area contributed by atoms with Crippen LogP contribution in [0.5, 0.6) is 0 Å². The van der Waals surface area contributed by atoms with Gasteiger partial charge < -0.3 is 4.42 Å². The summed E-state index contributed by atoms with van der Waals surface area (Å²) in [4.78, 5) is 22.8. The summed E-state index contributed by atoms with van der Waals surface area (Å²) in [5, 5.41) is 0. The van der Waals surface area contributed by atoms with Gasteiger partial charge in [0.1, 0.15) is 11.3 Å². The highest BCUT2D eigenvalue weighted by molar-refractivity contribution is 5.95. The Balaban J connectivity index is 1.99. The van der Waals surface area contributed by atoms with Crippen molar-refractivity contribution in [2.75, 3.05) is 18.0 Å². The Bertz CT molecular complexity index is 996. The molecule has 146 valence electrons. The number of hydrogen-bond acceptors (Lipinski definition) is 3. The summed E-state index contributed by atoms with van der Waals surface area (Å²) in [5.41, 5.74) is 3.67. The third kappa shape index (κ3) is 4.09. The van der Waals surface area contributed by atoms with E-state index in [1.54, 1.807) is 13.2 Å². The molecule has 0 atom stereocenters. The molecule has 0 N–H and O–H groups in total. The molecule has 0 aliphatic heterocycles. The van der Waals surface area contributed by atoms with Gasteiger partial charge in [-0.1, -0.05) is 11.3 Å². The Kier molecular flexibility index (Phi) is 6.15. The normalized spacial score (nSPS) is 10.9. The largest absolute Gasteiger partial charge is 0.463 e. The van der Waals surface area contributed by atoms with E-state index in [0.29, 0.717) is 24.5 Å². The van der Waals surface area contributed by atoms with Gasteiger partial charge in [0.25, 0.3) is 13.1 Å². The zero-order chi connectivity index (χ0) is 20.1. The van der Waals surface area contributed by atoms with E-state index in [2.05, 4.69) is 10.9 Å². The van der Waals surface area contributed by atoms with Crippen molar-refractivity contribution in [3.05, 3.63) is 46.6 Å². The molecule has 0 aromatic carbocycles. The number of fused-ring (bicyclic) bond motifs is 1. The van der Waals surface area contributed by atoms with Gasteiger partial charge in [0, 0.05) is 25.6 Å². The maximum atomic E-state index is 12.6. The summed E-state index contributed by atoms with van der Waals surface area (Å²) in [6.07, 6.45) is 5.57. The van der Waals surface area contributed by atoms with E-state index in [-0.39, 0.29) is 5.91 Å². The van der Waals surface area contributed by atoms with Crippen LogP contribution in [0.2, 0.25) is 0 Å². The predicted molar refractivity (Wildman–Crippen MR) is 112 cm³/mol. The number of imidazole rings is 1. The lowest BCUT2D eigenvalue weighted by Crippen LogP contribution is -2.31. The summed E-state index contributed by atoms with van der Waals surface area (Å²) in [6.45, 7) is 12.2. The van der Waals surface area contributed by atoms with E-state index in [9.17, 15) is 4.79 Å². The molecule has 0 saturated heterocycles. The van der Waals surface area contributed by atoms with Crippen LogP contribution in [-0.4, -0.2) is 28.4 Å². The lowest BCUT2D eigenvalue weighted by molar-refractivity contribution is -0.116. The molecule has 6 nitrogen and oxygen atoms in total. The lowest BCUT2D eigenvalue weighted by atomic mass is 10.2. The van der Waals surface area contributed by atoms with Crippen LogP contribution in [0, 0.1) is 20.4 Å². The van der Waals surface area contributed by atoms with E-state index in [4.69, 9.17) is 16.0 Å². The van der Waals surface area contributed by atoms with Crippen molar-refractivity contribution >= 4 is 17.4 Å². The maximum absolute atomic E-state index is 12.6. The molecule has 3 aromatic rings. The Hall–Kier alpha value is -3.07. The molecule has 1 amide bonds. The highest BCUT2D eigenvalue weighted by atomic mass is 16.3. The summed E-state index contributed by atoms with van der Waals surface area (Å²) >= 11 is 0. The molecule has 3 aromatic heterocycles. The van der Waals surface area contributed by atoms with Gasteiger partial charge in [0.05, 0.1) is 6.26 Å². The summed E-state index contributed by atoms with van der Waals surface area (Å²) in [7, 11) is 0. The van der Waals surface area contributed by atoms with Crippen molar-refractivity contribution < 1.29 is 9.21 Å². The minimum absolute atomic E-state index is 0.00783. The van der Waals surface area contributed by atoms with Crippen LogP contribution in [0.4, 0.5) is 5.82 Å². The van der Waals surface area contributed by atoms with Crippen molar-refractivity contribution in [1.29, 1.82) is 0 Å². The second-order valence-electron chi connectivity index (χ2n) is 7.12. The fraction of sp³-hybridized carbons (Fsp3) is 0.409. The number of furan rings is 1. The second kappa shape index (κ2) is 8.75. The number of aromatic nitrogens is 2. The van der Waals surface area contributed by atoms with Gasteiger partial charge in [-0.3, -0.25) is 14.1 Å². The van der Waals surface area contributed by atoms with E-state index in [1.807, 2.05) is 41.3 Å². The van der Waals surface area contributed by atoms with Crippen molar-refractivity contribution in [3.63, 3.8) is 0 Å². The molecule has 0 fully saturated rings. The van der Waals surface area contributed by atoms with Crippen LogP contribution in [0.15, 0.2) is 34.9 Å². The molecule has 3 rings (SSSR count). The topological polar surface area (TPSA) is 55.1 Å². The molecule has 0 spiro atoms. The first-order valence-electron chi connectivity index (χ1n) is 9.71. The maximum Gasteiger partial charge on any atom is 0.263 e. The van der Waals surface area contributed by atoms with E-state index < -0.39 is 0 Å². The Labute approximate surface area is 165 Å². The SMILES string of the molecule is C#[N+]CCCCCCN(C(C)=O)c1c(-c2ccco2)nc2cc(C)cc(C)n12. The fourth-order valence-corrected chi connectivity index (χ4v) is 3.58. The molecule has 0 unspecified atom stereocenters. The smallest absolute Gasteiger partial charge is 0.263 e. The number of carbonyl (C=O) groups is 1. The number of nitrogens with zero attached hydrogens (tertiary/aromatic N) is 4. The van der Waals surface area contributed by atoms with Crippen LogP contribution in [-0.2, 0) is 4.79 Å². The van der Waals surface area contributed by atoms with Crippen molar-refractivity contribution in [1.82, 2.24) is 9.38 Å². The number of aryl methyl sites for hydroxylation is 2. The van der Waals surface area contributed by atoms with Gasteiger partial charge in [-0.2, -0.15) is 0 Å². The van der Waals surface area contributed by atoms with E-state index >= 15 is 0 Å². The number of hydrogen-bond donors (Lipinski definition) is 0. The first-order valence-corrected chi connectivity index (χ1v) is 9.71. The monoisotopic (exact) mass is 379 g/mol. The molecule has 28 heavy (non-hydrogen) atoms. The second-order valence-corrected chi connectivity index (χ2v) is 7.12. The first-order chi connectivity index (χ1) is 13.5. The van der Waals surface area contributed by atoms with Crippen molar-refractivity contribution in [2.24, 2.45) is 0 Å². The van der Waals surface area contributed by atoms with Crippen LogP contribution in [0.1, 0.15) is 43.9 Å². The number of amides is 1.